The second-order valence-electron chi connectivity index (χ2n) is 13.7. The highest BCUT2D eigenvalue weighted by Crippen LogP contribution is 2.65. The van der Waals surface area contributed by atoms with Gasteiger partial charge in [-0.2, -0.15) is 0 Å². The summed E-state index contributed by atoms with van der Waals surface area (Å²) in [5, 5.41) is 1.44. The van der Waals surface area contributed by atoms with E-state index in [2.05, 4.69) is 108 Å². The first-order chi connectivity index (χ1) is 18.1. The van der Waals surface area contributed by atoms with Crippen LogP contribution in [0.5, 0.6) is 0 Å². The Bertz CT molecular complexity index is 1740. The van der Waals surface area contributed by atoms with Gasteiger partial charge < -0.3 is 0 Å². The minimum absolute atomic E-state index is 0.0678. The summed E-state index contributed by atoms with van der Waals surface area (Å²) in [7, 11) is 0. The van der Waals surface area contributed by atoms with Gasteiger partial charge in [0.25, 0.3) is 0 Å². The third kappa shape index (κ3) is 3.05. The van der Waals surface area contributed by atoms with Gasteiger partial charge in [0.05, 0.1) is 0 Å². The number of thioether (sulfide) groups is 1. The molecule has 4 aliphatic rings. The molecule has 38 heavy (non-hydrogen) atoms. The molecule has 3 aliphatic carbocycles. The van der Waals surface area contributed by atoms with Crippen LogP contribution in [0.15, 0.2) is 76.0 Å². The minimum Gasteiger partial charge on any atom is -0.140 e. The van der Waals surface area contributed by atoms with Gasteiger partial charge in [0, 0.05) is 43.2 Å². The van der Waals surface area contributed by atoms with Crippen LogP contribution in [-0.4, -0.2) is 0 Å². The highest BCUT2D eigenvalue weighted by molar-refractivity contribution is 8.03. The van der Waals surface area contributed by atoms with E-state index in [1.807, 2.05) is 23.1 Å². The number of fused-ring (bicyclic) bond motifs is 8. The largest absolute Gasteiger partial charge is 0.140 e. The van der Waals surface area contributed by atoms with E-state index in [0.29, 0.717) is 17.8 Å². The molecule has 2 heteroatoms. The summed E-state index contributed by atoms with van der Waals surface area (Å²) in [6, 6.07) is 20.9. The van der Waals surface area contributed by atoms with Crippen molar-refractivity contribution in [2.75, 3.05) is 0 Å². The van der Waals surface area contributed by atoms with E-state index >= 15 is 0 Å². The van der Waals surface area contributed by atoms with E-state index in [1.165, 1.54) is 47.7 Å². The molecule has 0 nitrogen and oxygen atoms in total. The molecule has 190 valence electrons. The number of benzene rings is 3. The third-order valence-corrected chi connectivity index (χ3v) is 11.7. The van der Waals surface area contributed by atoms with Gasteiger partial charge in [0.15, 0.2) is 0 Å². The molecular weight excluding hydrogens is 497 g/mol. The Hall–Kier alpha value is -2.55. The van der Waals surface area contributed by atoms with Crippen LogP contribution in [0.25, 0.3) is 27.3 Å². The molecule has 4 aromatic rings. The maximum atomic E-state index is 2.74. The van der Waals surface area contributed by atoms with Gasteiger partial charge in [0.1, 0.15) is 0 Å². The molecule has 1 aromatic heterocycles. The van der Waals surface area contributed by atoms with Crippen LogP contribution >= 0.6 is 23.1 Å². The van der Waals surface area contributed by atoms with Gasteiger partial charge in [-0.25, -0.2) is 0 Å². The molecule has 3 aromatic carbocycles. The van der Waals surface area contributed by atoms with Crippen molar-refractivity contribution in [1.29, 1.82) is 0 Å². The molecule has 0 saturated heterocycles. The summed E-state index contributed by atoms with van der Waals surface area (Å²) in [6.45, 7) is 14.5. The molecule has 0 radical (unpaired) electrons. The van der Waals surface area contributed by atoms with Crippen molar-refractivity contribution in [3.8, 4) is 11.1 Å². The van der Waals surface area contributed by atoms with E-state index in [9.17, 15) is 0 Å². The number of hydrogen-bond donors (Lipinski definition) is 0. The van der Waals surface area contributed by atoms with Crippen molar-refractivity contribution in [3.63, 3.8) is 0 Å². The second-order valence-corrected chi connectivity index (χ2v) is 15.9. The Balaban J connectivity index is 1.52. The zero-order valence-corrected chi connectivity index (χ0v) is 24.7. The Morgan fingerprint density at radius 3 is 2.39 bits per heavy atom. The van der Waals surface area contributed by atoms with Gasteiger partial charge in [0.2, 0.25) is 0 Å². The van der Waals surface area contributed by atoms with Gasteiger partial charge in [-0.05, 0) is 79.8 Å². The molecule has 0 spiro atoms. The van der Waals surface area contributed by atoms with Crippen molar-refractivity contribution >= 4 is 39.3 Å². The summed E-state index contributed by atoms with van der Waals surface area (Å²) in [5.74, 6) is 1.29. The van der Waals surface area contributed by atoms with Gasteiger partial charge in [-0.1, -0.05) is 101 Å². The van der Waals surface area contributed by atoms with Crippen molar-refractivity contribution in [2.24, 2.45) is 5.41 Å². The van der Waals surface area contributed by atoms with E-state index in [4.69, 9.17) is 0 Å². The number of hydrogen-bond acceptors (Lipinski definition) is 2. The average molecular weight is 531 g/mol. The highest BCUT2D eigenvalue weighted by Gasteiger charge is 2.47. The summed E-state index contributed by atoms with van der Waals surface area (Å²) < 4.78 is 1.43. The van der Waals surface area contributed by atoms with E-state index in [0.717, 1.165) is 6.42 Å². The van der Waals surface area contributed by atoms with Crippen LogP contribution in [-0.2, 0) is 11.8 Å². The lowest BCUT2D eigenvalue weighted by molar-refractivity contribution is 0.444. The summed E-state index contributed by atoms with van der Waals surface area (Å²) in [4.78, 5) is 4.56. The Kier molecular flexibility index (Phi) is 4.64. The van der Waals surface area contributed by atoms with Gasteiger partial charge in [-0.15, -0.1) is 11.3 Å². The molecule has 0 fully saturated rings. The van der Waals surface area contributed by atoms with Crippen molar-refractivity contribution in [3.05, 3.63) is 104 Å². The molecule has 0 saturated carbocycles. The van der Waals surface area contributed by atoms with Crippen LogP contribution in [0.1, 0.15) is 92.0 Å². The Morgan fingerprint density at radius 2 is 1.61 bits per heavy atom. The lowest BCUT2D eigenvalue weighted by Gasteiger charge is -2.46. The molecule has 3 unspecified atom stereocenters. The molecule has 2 heterocycles. The third-order valence-electron chi connectivity index (χ3n) is 9.30. The molecule has 0 N–H and O–H groups in total. The lowest BCUT2D eigenvalue weighted by atomic mass is 9.58. The fraction of sp³-hybridized carbons (Fsp3) is 0.333. The molecule has 3 atom stereocenters. The first kappa shape index (κ1) is 23.3. The molecule has 0 amide bonds. The zero-order valence-electron chi connectivity index (χ0n) is 23.1. The number of allylic oxidation sites excluding steroid dienone is 3. The van der Waals surface area contributed by atoms with Crippen LogP contribution in [0, 0.1) is 5.41 Å². The van der Waals surface area contributed by atoms with Crippen LogP contribution < -0.4 is 0 Å². The number of thiophene rings is 1. The maximum absolute atomic E-state index is 2.74. The monoisotopic (exact) mass is 530 g/mol. The Labute approximate surface area is 234 Å². The number of rotatable bonds is 0. The quantitative estimate of drug-likeness (QED) is 0.204. The summed E-state index contributed by atoms with van der Waals surface area (Å²) >= 11 is 4.04. The molecule has 8 rings (SSSR count). The van der Waals surface area contributed by atoms with Gasteiger partial charge in [-0.3, -0.25) is 0 Å². The smallest absolute Gasteiger partial charge is 0.0352 e. The molecule has 0 bridgehead atoms. The van der Waals surface area contributed by atoms with E-state index in [1.54, 1.807) is 21.6 Å². The van der Waals surface area contributed by atoms with E-state index in [-0.39, 0.29) is 10.8 Å². The SMILES string of the molecule is CC(C)(C)C1=CC2c3c(c(C(C)(C)C)cc4c3C1Cc1sc3ccccc3c1-4)C=C1Sc3ccccc3C12. The van der Waals surface area contributed by atoms with Crippen LogP contribution in [0.4, 0.5) is 0 Å². The van der Waals surface area contributed by atoms with Crippen LogP contribution in [0.2, 0.25) is 0 Å². The summed E-state index contributed by atoms with van der Waals surface area (Å²) in [5.41, 5.74) is 12.7. The van der Waals surface area contributed by atoms with Crippen LogP contribution in [0.3, 0.4) is 0 Å². The fourth-order valence-corrected chi connectivity index (χ4v) is 10.3. The predicted octanol–water partition coefficient (Wildman–Crippen LogP) is 10.8. The minimum atomic E-state index is 0.0678. The maximum Gasteiger partial charge on any atom is 0.0352 e. The first-order valence-corrected chi connectivity index (χ1v) is 15.7. The van der Waals surface area contributed by atoms with E-state index < -0.39 is 0 Å². The van der Waals surface area contributed by atoms with Crippen molar-refractivity contribution in [1.82, 2.24) is 0 Å². The average Bonchev–Trinajstić information content (AvgIpc) is 3.42. The topological polar surface area (TPSA) is 0 Å². The molecular formula is C36H34S2. The van der Waals surface area contributed by atoms with Gasteiger partial charge >= 0.3 is 0 Å². The first-order valence-electron chi connectivity index (χ1n) is 14.0. The normalized spacial score (nSPS) is 22.8. The van der Waals surface area contributed by atoms with Crippen molar-refractivity contribution in [2.45, 2.75) is 76.0 Å². The lowest BCUT2D eigenvalue weighted by Crippen LogP contribution is -2.31. The standard InChI is InChI=1S/C36H34S2/c1-35(2,3)25-15-23-31-19-11-7-9-13-27(19)38-30(31)18-22-26(36(4,5)6)16-24-32-20-12-8-10-14-28(20)37-29(32)17-21(25)33(24)34(22)23/h7-17,22,24,32H,18H2,1-6H3. The Morgan fingerprint density at radius 1 is 0.842 bits per heavy atom. The summed E-state index contributed by atoms with van der Waals surface area (Å²) in [6.07, 6.45) is 6.47. The second kappa shape index (κ2) is 7.55. The highest BCUT2D eigenvalue weighted by atomic mass is 32.2. The fourth-order valence-electron chi connectivity index (χ4n) is 7.78. The molecule has 1 aliphatic heterocycles. The predicted molar refractivity (Wildman–Crippen MR) is 166 cm³/mol. The van der Waals surface area contributed by atoms with Crippen molar-refractivity contribution < 1.29 is 0 Å². The zero-order chi connectivity index (χ0) is 26.1.